The molecule has 0 amide bonds. The summed E-state index contributed by atoms with van der Waals surface area (Å²) in [6.07, 6.45) is 8.39. The van der Waals surface area contributed by atoms with E-state index < -0.39 is 5.60 Å². The Balaban J connectivity index is 1.16. The van der Waals surface area contributed by atoms with Crippen LogP contribution in [0.4, 0.5) is 5.82 Å². The highest BCUT2D eigenvalue weighted by molar-refractivity contribution is 6.00. The van der Waals surface area contributed by atoms with Crippen LogP contribution in [-0.2, 0) is 0 Å². The van der Waals surface area contributed by atoms with Crippen molar-refractivity contribution < 1.29 is 9.84 Å². The predicted molar refractivity (Wildman–Crippen MR) is 159 cm³/mol. The molecule has 3 N–H and O–H groups in total. The molecule has 1 saturated heterocycles. The van der Waals surface area contributed by atoms with Crippen molar-refractivity contribution in [1.29, 1.82) is 0 Å². The van der Waals surface area contributed by atoms with E-state index >= 15 is 0 Å². The second-order valence-corrected chi connectivity index (χ2v) is 11.9. The van der Waals surface area contributed by atoms with Crippen LogP contribution in [0.3, 0.4) is 0 Å². The number of piperazine rings is 1. The van der Waals surface area contributed by atoms with Crippen LogP contribution in [0.2, 0.25) is 0 Å². The zero-order valence-corrected chi connectivity index (χ0v) is 23.5. The third-order valence-corrected chi connectivity index (χ3v) is 8.38. The summed E-state index contributed by atoms with van der Waals surface area (Å²) in [6, 6.07) is 19.0. The van der Waals surface area contributed by atoms with Gasteiger partial charge < -0.3 is 20.1 Å². The summed E-state index contributed by atoms with van der Waals surface area (Å²) in [5.41, 5.74) is 8.83. The van der Waals surface area contributed by atoms with Crippen LogP contribution in [0.25, 0.3) is 22.2 Å². The standard InChI is InChI=1S/C32H40N6O2/c1-32(2,39)21-36-16-18-37(19-17-36)24-10-12-25(13-11-24)38-20-28(29-30(33)34-22-35-31(29)38)23-8-14-27(15-9-23)40-26-6-4-3-5-7-26/h3-9,14-15,20,22,24-25,39H,10-13,16-19,21H2,1-2H3,(H2,33,34,35). The molecule has 1 saturated carbocycles. The first-order valence-electron chi connectivity index (χ1n) is 14.5. The first-order valence-corrected chi connectivity index (χ1v) is 14.5. The van der Waals surface area contributed by atoms with E-state index in [4.69, 9.17) is 15.5 Å². The first kappa shape index (κ1) is 26.7. The van der Waals surface area contributed by atoms with Crippen molar-refractivity contribution in [2.24, 2.45) is 0 Å². The van der Waals surface area contributed by atoms with Crippen molar-refractivity contribution in [3.8, 4) is 22.6 Å². The number of β-amino-alcohol motifs (C(OH)–C–C–N with tert-alkyl or cyclic N) is 1. The maximum atomic E-state index is 10.2. The number of para-hydroxylation sites is 1. The third-order valence-electron chi connectivity index (χ3n) is 8.38. The molecule has 8 nitrogen and oxygen atoms in total. The summed E-state index contributed by atoms with van der Waals surface area (Å²) in [4.78, 5) is 14.1. The van der Waals surface area contributed by atoms with Crippen LogP contribution in [0, 0.1) is 0 Å². The van der Waals surface area contributed by atoms with Gasteiger partial charge in [-0.3, -0.25) is 9.80 Å². The maximum Gasteiger partial charge on any atom is 0.146 e. The quantitative estimate of drug-likeness (QED) is 0.327. The molecule has 0 unspecified atom stereocenters. The van der Waals surface area contributed by atoms with Crippen LogP contribution >= 0.6 is 0 Å². The Morgan fingerprint density at radius 1 is 0.875 bits per heavy atom. The smallest absolute Gasteiger partial charge is 0.146 e. The van der Waals surface area contributed by atoms with Gasteiger partial charge in [-0.15, -0.1) is 0 Å². The number of nitrogens with two attached hydrogens (primary N) is 1. The normalized spacial score (nSPS) is 21.1. The molecule has 8 heteroatoms. The third kappa shape index (κ3) is 5.84. The predicted octanol–water partition coefficient (Wildman–Crippen LogP) is 5.35. The molecule has 2 aromatic heterocycles. The number of rotatable bonds is 7. The summed E-state index contributed by atoms with van der Waals surface area (Å²) in [5, 5.41) is 11.1. The number of hydrogen-bond donors (Lipinski definition) is 2. The summed E-state index contributed by atoms with van der Waals surface area (Å²) < 4.78 is 8.34. The minimum Gasteiger partial charge on any atom is -0.457 e. The maximum absolute atomic E-state index is 10.2. The zero-order valence-electron chi connectivity index (χ0n) is 23.5. The fourth-order valence-corrected chi connectivity index (χ4v) is 6.47. The number of anilines is 1. The van der Waals surface area contributed by atoms with E-state index in [1.54, 1.807) is 6.33 Å². The Morgan fingerprint density at radius 3 is 2.20 bits per heavy atom. The van der Waals surface area contributed by atoms with Crippen LogP contribution in [0.5, 0.6) is 11.5 Å². The Morgan fingerprint density at radius 2 is 1.52 bits per heavy atom. The summed E-state index contributed by atoms with van der Waals surface area (Å²) in [7, 11) is 0. The van der Waals surface area contributed by atoms with Gasteiger partial charge in [0.1, 0.15) is 29.3 Å². The van der Waals surface area contributed by atoms with E-state index in [9.17, 15) is 5.11 Å². The molecule has 2 aliphatic rings. The molecular weight excluding hydrogens is 500 g/mol. The Labute approximate surface area is 236 Å². The topological polar surface area (TPSA) is 92.7 Å². The lowest BCUT2D eigenvalue weighted by atomic mass is 9.89. The summed E-state index contributed by atoms with van der Waals surface area (Å²) in [5.74, 6) is 2.12. The molecule has 2 aromatic carbocycles. The fraction of sp³-hybridized carbons (Fsp3) is 0.438. The number of hydrogen-bond acceptors (Lipinski definition) is 7. The van der Waals surface area contributed by atoms with Crippen LogP contribution in [0.15, 0.2) is 67.1 Å². The van der Waals surface area contributed by atoms with Gasteiger partial charge in [0.05, 0.1) is 11.0 Å². The highest BCUT2D eigenvalue weighted by Crippen LogP contribution is 2.39. The van der Waals surface area contributed by atoms with Crippen molar-refractivity contribution in [3.05, 3.63) is 67.1 Å². The molecule has 0 spiro atoms. The minimum atomic E-state index is -0.635. The molecule has 6 rings (SSSR count). The number of aliphatic hydroxyl groups is 1. The Hall–Kier alpha value is -3.46. The summed E-state index contributed by atoms with van der Waals surface area (Å²) >= 11 is 0. The van der Waals surface area contributed by atoms with E-state index in [1.807, 2.05) is 56.3 Å². The zero-order chi connectivity index (χ0) is 27.7. The number of nitrogen functional groups attached to an aromatic ring is 1. The fourth-order valence-electron chi connectivity index (χ4n) is 6.47. The van der Waals surface area contributed by atoms with E-state index in [-0.39, 0.29) is 0 Å². The van der Waals surface area contributed by atoms with Gasteiger partial charge in [0.15, 0.2) is 0 Å². The molecular formula is C32H40N6O2. The van der Waals surface area contributed by atoms with Gasteiger partial charge in [-0.2, -0.15) is 0 Å². The Bertz CT molecular complexity index is 1410. The Kier molecular flexibility index (Phi) is 7.49. The van der Waals surface area contributed by atoms with Gasteiger partial charge in [-0.25, -0.2) is 9.97 Å². The number of ether oxygens (including phenoxy) is 1. The van der Waals surface area contributed by atoms with E-state index in [1.165, 1.54) is 12.8 Å². The minimum absolute atomic E-state index is 0.388. The van der Waals surface area contributed by atoms with Crippen LogP contribution < -0.4 is 10.5 Å². The lowest BCUT2D eigenvalue weighted by molar-refractivity contribution is 0.00628. The van der Waals surface area contributed by atoms with Gasteiger partial charge in [0.2, 0.25) is 0 Å². The molecule has 1 aliphatic carbocycles. The largest absolute Gasteiger partial charge is 0.457 e. The van der Waals surface area contributed by atoms with Gasteiger partial charge in [-0.1, -0.05) is 30.3 Å². The van der Waals surface area contributed by atoms with Crippen molar-refractivity contribution in [2.45, 2.75) is 57.2 Å². The van der Waals surface area contributed by atoms with E-state index in [0.29, 0.717) is 17.9 Å². The second-order valence-electron chi connectivity index (χ2n) is 11.9. The van der Waals surface area contributed by atoms with Crippen molar-refractivity contribution in [2.75, 3.05) is 38.5 Å². The van der Waals surface area contributed by atoms with Crippen molar-refractivity contribution in [1.82, 2.24) is 24.3 Å². The number of fused-ring (bicyclic) bond motifs is 1. The molecule has 4 aromatic rings. The van der Waals surface area contributed by atoms with Crippen molar-refractivity contribution >= 4 is 16.9 Å². The van der Waals surface area contributed by atoms with Crippen molar-refractivity contribution in [3.63, 3.8) is 0 Å². The molecule has 3 heterocycles. The highest BCUT2D eigenvalue weighted by atomic mass is 16.5. The average Bonchev–Trinajstić information content (AvgIpc) is 3.35. The van der Waals surface area contributed by atoms with Crippen LogP contribution in [0.1, 0.15) is 45.6 Å². The van der Waals surface area contributed by atoms with E-state index in [2.05, 4.69) is 37.7 Å². The lowest BCUT2D eigenvalue weighted by Gasteiger charge is -2.43. The second kappa shape index (κ2) is 11.2. The highest BCUT2D eigenvalue weighted by Gasteiger charge is 2.31. The summed E-state index contributed by atoms with van der Waals surface area (Å²) in [6.45, 7) is 8.74. The first-order chi connectivity index (χ1) is 19.3. The number of benzene rings is 2. The molecule has 2 fully saturated rings. The van der Waals surface area contributed by atoms with Gasteiger partial charge in [0, 0.05) is 56.6 Å². The average molecular weight is 541 g/mol. The monoisotopic (exact) mass is 540 g/mol. The molecule has 0 bridgehead atoms. The van der Waals surface area contributed by atoms with Gasteiger partial charge >= 0.3 is 0 Å². The molecule has 1 aliphatic heterocycles. The van der Waals surface area contributed by atoms with Gasteiger partial charge in [-0.05, 0) is 69.4 Å². The number of aromatic nitrogens is 3. The van der Waals surface area contributed by atoms with Crippen LogP contribution in [-0.4, -0.2) is 73.8 Å². The number of nitrogens with zero attached hydrogens (tertiary/aromatic N) is 5. The van der Waals surface area contributed by atoms with E-state index in [0.717, 1.165) is 79.2 Å². The molecule has 210 valence electrons. The molecule has 0 radical (unpaired) electrons. The lowest BCUT2D eigenvalue weighted by Crippen LogP contribution is -2.53. The molecule has 0 atom stereocenters. The molecule has 40 heavy (non-hydrogen) atoms. The van der Waals surface area contributed by atoms with Gasteiger partial charge in [0.25, 0.3) is 0 Å². The SMILES string of the molecule is CC(C)(O)CN1CCN(C2CCC(n3cc(-c4ccc(Oc5ccccc5)cc4)c4c(N)ncnc43)CC2)CC1.